The molecule has 0 spiro atoms. The molecule has 248 valence electrons. The molecule has 0 bridgehead atoms. The molecule has 0 aliphatic rings. The monoisotopic (exact) mass is 645 g/mol. The molecule has 3 aromatic carbocycles. The Morgan fingerprint density at radius 2 is 0.531 bits per heavy atom. The molecule has 6 rings (SSSR count). The molecule has 49 heavy (non-hydrogen) atoms. The molecule has 0 radical (unpaired) electrons. The zero-order chi connectivity index (χ0) is 35.5. The van der Waals surface area contributed by atoms with Gasteiger partial charge in [-0.2, -0.15) is 0 Å². The summed E-state index contributed by atoms with van der Waals surface area (Å²) in [7, 11) is 0. The van der Waals surface area contributed by atoms with Crippen LogP contribution in [0.25, 0.3) is 56.7 Å². The summed E-state index contributed by atoms with van der Waals surface area (Å²) < 4.78 is 0. The van der Waals surface area contributed by atoms with Gasteiger partial charge in [0.25, 0.3) is 0 Å². The minimum Gasteiger partial charge on any atom is -0.256 e. The Morgan fingerprint density at radius 1 is 0.286 bits per heavy atom. The second-order valence-corrected chi connectivity index (χ2v) is 13.7. The zero-order valence-corrected chi connectivity index (χ0v) is 31.4. The third kappa shape index (κ3) is 5.46. The highest BCUT2D eigenvalue weighted by atomic mass is 15.0. The molecule has 3 aromatic heterocycles. The summed E-state index contributed by atoms with van der Waals surface area (Å²) in [5, 5.41) is 0. The maximum Gasteiger partial charge on any atom is 0.164 e. The standard InChI is InChI=1S/C44H47N5/c1-22-23(2)25(4)39(26(5)24(22)3)42-47-43(40-31(10)27(6)37(28(7)32(40)11)35-18-14-16-20-45-35)49-44(48-42)41-33(12)29(8)38(30(9)34(41)13)36-19-15-17-21-46-36/h14-21H,1-13H3. The van der Waals surface area contributed by atoms with Crippen molar-refractivity contribution in [3.8, 4) is 56.7 Å². The fourth-order valence-electron chi connectivity index (χ4n) is 7.63. The molecule has 5 heteroatoms. The van der Waals surface area contributed by atoms with Gasteiger partial charge in [-0.25, -0.2) is 15.0 Å². The van der Waals surface area contributed by atoms with Gasteiger partial charge in [0.1, 0.15) is 0 Å². The molecular formula is C44H47N5. The Kier molecular flexibility index (Phi) is 8.83. The molecule has 0 aliphatic heterocycles. The van der Waals surface area contributed by atoms with Crippen molar-refractivity contribution < 1.29 is 0 Å². The van der Waals surface area contributed by atoms with E-state index in [2.05, 4.69) is 102 Å². The number of rotatable bonds is 5. The van der Waals surface area contributed by atoms with Crippen LogP contribution in [-0.2, 0) is 0 Å². The Hall–Kier alpha value is -5.03. The molecule has 0 saturated carbocycles. The van der Waals surface area contributed by atoms with Crippen LogP contribution in [0.4, 0.5) is 0 Å². The van der Waals surface area contributed by atoms with Gasteiger partial charge in [0.15, 0.2) is 17.5 Å². The fraction of sp³-hybridized carbons (Fsp3) is 0.295. The molecule has 0 atom stereocenters. The first kappa shape index (κ1) is 33.9. The van der Waals surface area contributed by atoms with Gasteiger partial charge in [0.05, 0.1) is 11.4 Å². The maximum absolute atomic E-state index is 5.38. The summed E-state index contributed by atoms with van der Waals surface area (Å²) in [5.41, 5.74) is 23.2. The predicted molar refractivity (Wildman–Crippen MR) is 204 cm³/mol. The summed E-state index contributed by atoms with van der Waals surface area (Å²) >= 11 is 0. The molecular weight excluding hydrogens is 599 g/mol. The van der Waals surface area contributed by atoms with E-state index in [1.54, 1.807) is 0 Å². The molecule has 0 N–H and O–H groups in total. The average molecular weight is 646 g/mol. The van der Waals surface area contributed by atoms with Crippen LogP contribution in [0, 0.1) is 90.0 Å². The zero-order valence-electron chi connectivity index (χ0n) is 31.4. The van der Waals surface area contributed by atoms with Crippen molar-refractivity contribution >= 4 is 0 Å². The van der Waals surface area contributed by atoms with Crippen LogP contribution in [0.5, 0.6) is 0 Å². The van der Waals surface area contributed by atoms with E-state index < -0.39 is 0 Å². The Balaban J connectivity index is 1.71. The smallest absolute Gasteiger partial charge is 0.164 e. The topological polar surface area (TPSA) is 64.5 Å². The number of hydrogen-bond donors (Lipinski definition) is 0. The lowest BCUT2D eigenvalue weighted by Crippen LogP contribution is -2.09. The maximum atomic E-state index is 5.38. The lowest BCUT2D eigenvalue weighted by atomic mass is 9.86. The van der Waals surface area contributed by atoms with Gasteiger partial charge in [-0.15, -0.1) is 0 Å². The Bertz CT molecular complexity index is 2070. The van der Waals surface area contributed by atoms with E-state index in [9.17, 15) is 0 Å². The first-order valence-electron chi connectivity index (χ1n) is 17.1. The lowest BCUT2D eigenvalue weighted by Gasteiger charge is -2.23. The normalized spacial score (nSPS) is 11.4. The van der Waals surface area contributed by atoms with Crippen molar-refractivity contribution in [1.29, 1.82) is 0 Å². The molecule has 0 saturated heterocycles. The Labute approximate surface area is 292 Å². The average Bonchev–Trinajstić information content (AvgIpc) is 3.09. The van der Waals surface area contributed by atoms with Crippen LogP contribution in [0.3, 0.4) is 0 Å². The van der Waals surface area contributed by atoms with Crippen molar-refractivity contribution in [1.82, 2.24) is 24.9 Å². The Morgan fingerprint density at radius 3 is 0.796 bits per heavy atom. The van der Waals surface area contributed by atoms with Crippen LogP contribution in [0.1, 0.15) is 72.3 Å². The molecule has 0 amide bonds. The van der Waals surface area contributed by atoms with E-state index in [0.717, 1.165) is 50.3 Å². The minimum absolute atomic E-state index is 0.700. The molecule has 0 unspecified atom stereocenters. The van der Waals surface area contributed by atoms with E-state index >= 15 is 0 Å². The highest BCUT2D eigenvalue weighted by molar-refractivity contribution is 5.83. The van der Waals surface area contributed by atoms with Gasteiger partial charge in [0.2, 0.25) is 0 Å². The number of benzene rings is 3. The quantitative estimate of drug-likeness (QED) is 0.187. The van der Waals surface area contributed by atoms with Gasteiger partial charge in [0, 0.05) is 40.2 Å². The van der Waals surface area contributed by atoms with Crippen LogP contribution in [-0.4, -0.2) is 24.9 Å². The molecule has 0 fully saturated rings. The fourth-order valence-corrected chi connectivity index (χ4v) is 7.63. The van der Waals surface area contributed by atoms with Gasteiger partial charge in [-0.3, -0.25) is 9.97 Å². The van der Waals surface area contributed by atoms with E-state index in [1.807, 2.05) is 36.7 Å². The van der Waals surface area contributed by atoms with E-state index in [0.29, 0.717) is 17.5 Å². The van der Waals surface area contributed by atoms with Crippen LogP contribution >= 0.6 is 0 Å². The second-order valence-electron chi connectivity index (χ2n) is 13.7. The molecule has 6 aromatic rings. The highest BCUT2D eigenvalue weighted by Crippen LogP contribution is 2.42. The van der Waals surface area contributed by atoms with Crippen LogP contribution in [0.15, 0.2) is 48.8 Å². The van der Waals surface area contributed by atoms with Crippen molar-refractivity contribution in [2.24, 2.45) is 0 Å². The first-order chi connectivity index (χ1) is 23.3. The van der Waals surface area contributed by atoms with Gasteiger partial charge < -0.3 is 0 Å². The van der Waals surface area contributed by atoms with Crippen LogP contribution in [0.2, 0.25) is 0 Å². The third-order valence-corrected chi connectivity index (χ3v) is 11.4. The van der Waals surface area contributed by atoms with Crippen LogP contribution < -0.4 is 0 Å². The molecule has 0 aliphatic carbocycles. The van der Waals surface area contributed by atoms with E-state index in [1.165, 1.54) is 61.2 Å². The molecule has 5 nitrogen and oxygen atoms in total. The highest BCUT2D eigenvalue weighted by Gasteiger charge is 2.26. The summed E-state index contributed by atoms with van der Waals surface area (Å²) in [6, 6.07) is 12.2. The van der Waals surface area contributed by atoms with Crippen molar-refractivity contribution in [3.63, 3.8) is 0 Å². The summed E-state index contributed by atoms with van der Waals surface area (Å²) in [6.45, 7) is 28.5. The van der Waals surface area contributed by atoms with E-state index in [4.69, 9.17) is 24.9 Å². The van der Waals surface area contributed by atoms with Gasteiger partial charge >= 0.3 is 0 Å². The van der Waals surface area contributed by atoms with Gasteiger partial charge in [-0.05, 0) is 187 Å². The number of nitrogens with zero attached hydrogens (tertiary/aromatic N) is 5. The summed E-state index contributed by atoms with van der Waals surface area (Å²) in [4.78, 5) is 25.6. The van der Waals surface area contributed by atoms with Gasteiger partial charge in [-0.1, -0.05) is 12.1 Å². The lowest BCUT2D eigenvalue weighted by molar-refractivity contribution is 1.04. The van der Waals surface area contributed by atoms with E-state index in [-0.39, 0.29) is 0 Å². The van der Waals surface area contributed by atoms with Crippen molar-refractivity contribution in [3.05, 3.63) is 121 Å². The predicted octanol–water partition coefficient (Wildman–Crippen LogP) is 11.0. The summed E-state index contributed by atoms with van der Waals surface area (Å²) in [6.07, 6.45) is 3.72. The number of hydrogen-bond acceptors (Lipinski definition) is 5. The number of aromatic nitrogens is 5. The number of pyridine rings is 2. The summed E-state index contributed by atoms with van der Waals surface area (Å²) in [5.74, 6) is 2.12. The first-order valence-corrected chi connectivity index (χ1v) is 17.1. The second kappa shape index (κ2) is 12.8. The molecule has 3 heterocycles. The van der Waals surface area contributed by atoms with Crippen molar-refractivity contribution in [2.75, 3.05) is 0 Å². The SMILES string of the molecule is Cc1c(C)c(C)c(-c2nc(-c3c(C)c(C)c(-c4ccccn4)c(C)c3C)nc(-c3c(C)c(C)c(-c4ccccn4)c(C)c3C)n2)c(C)c1C. The van der Waals surface area contributed by atoms with Crippen molar-refractivity contribution in [2.45, 2.75) is 90.0 Å². The minimum atomic E-state index is 0.700. The largest absolute Gasteiger partial charge is 0.256 e. The third-order valence-electron chi connectivity index (χ3n) is 11.4.